The van der Waals surface area contributed by atoms with Crippen LogP contribution >= 0.6 is 0 Å². The summed E-state index contributed by atoms with van der Waals surface area (Å²) in [6, 6.07) is 3.69. The summed E-state index contributed by atoms with van der Waals surface area (Å²) in [7, 11) is 0. The summed E-state index contributed by atoms with van der Waals surface area (Å²) >= 11 is 0. The SMILES string of the molecule is O=C(NCCCC1CCCCO1)c1cccn(C2CCC2)c1=O. The second-order valence-electron chi connectivity index (χ2n) is 6.61. The van der Waals surface area contributed by atoms with Crippen LogP contribution in [-0.4, -0.2) is 29.7 Å². The van der Waals surface area contributed by atoms with Crippen LogP contribution in [0.15, 0.2) is 23.1 Å². The van der Waals surface area contributed by atoms with Crippen LogP contribution in [-0.2, 0) is 4.74 Å². The van der Waals surface area contributed by atoms with Crippen LogP contribution in [0.3, 0.4) is 0 Å². The number of nitrogens with zero attached hydrogens (tertiary/aromatic N) is 1. The predicted molar refractivity (Wildman–Crippen MR) is 88.7 cm³/mol. The first-order valence-electron chi connectivity index (χ1n) is 8.86. The molecule has 126 valence electrons. The van der Waals surface area contributed by atoms with E-state index in [0.29, 0.717) is 12.6 Å². The molecule has 5 nitrogen and oxygen atoms in total. The molecule has 23 heavy (non-hydrogen) atoms. The standard InChI is InChI=1S/C18H26N2O3/c21-17(19-11-4-9-15-8-1-2-13-23-15)16-10-5-12-20(18(16)22)14-6-3-7-14/h5,10,12,14-15H,1-4,6-9,11,13H2,(H,19,21). The first-order valence-corrected chi connectivity index (χ1v) is 8.86. The van der Waals surface area contributed by atoms with E-state index < -0.39 is 0 Å². The van der Waals surface area contributed by atoms with E-state index in [0.717, 1.165) is 51.6 Å². The number of carbonyl (C=O) groups excluding carboxylic acids is 1. The normalized spacial score (nSPS) is 21.7. The second-order valence-corrected chi connectivity index (χ2v) is 6.61. The van der Waals surface area contributed by atoms with Gasteiger partial charge in [-0.2, -0.15) is 0 Å². The van der Waals surface area contributed by atoms with Crippen molar-refractivity contribution in [3.8, 4) is 0 Å². The molecule has 5 heteroatoms. The van der Waals surface area contributed by atoms with Crippen LogP contribution in [0.4, 0.5) is 0 Å². The van der Waals surface area contributed by atoms with Crippen LogP contribution < -0.4 is 10.9 Å². The van der Waals surface area contributed by atoms with Gasteiger partial charge in [0, 0.05) is 25.4 Å². The second kappa shape index (κ2) is 7.77. The lowest BCUT2D eigenvalue weighted by molar-refractivity contribution is 0.0102. The molecular formula is C18H26N2O3. The van der Waals surface area contributed by atoms with Crippen molar-refractivity contribution in [2.75, 3.05) is 13.2 Å². The summed E-state index contributed by atoms with van der Waals surface area (Å²) in [5, 5.41) is 2.87. The van der Waals surface area contributed by atoms with Crippen LogP contribution in [0.25, 0.3) is 0 Å². The predicted octanol–water partition coefficient (Wildman–Crippen LogP) is 2.65. The summed E-state index contributed by atoms with van der Waals surface area (Å²) < 4.78 is 7.40. The molecule has 0 spiro atoms. The first-order chi connectivity index (χ1) is 11.3. The number of amides is 1. The van der Waals surface area contributed by atoms with Gasteiger partial charge in [0.25, 0.3) is 11.5 Å². The van der Waals surface area contributed by atoms with E-state index in [9.17, 15) is 9.59 Å². The Bertz CT molecular complexity index is 586. The maximum Gasteiger partial charge on any atom is 0.263 e. The van der Waals surface area contributed by atoms with Gasteiger partial charge in [0.1, 0.15) is 5.56 Å². The molecule has 1 aromatic heterocycles. The summed E-state index contributed by atoms with van der Waals surface area (Å²) in [6.07, 6.45) is 10.8. The van der Waals surface area contributed by atoms with E-state index in [1.165, 1.54) is 6.42 Å². The molecule has 2 aliphatic rings. The molecule has 2 fully saturated rings. The zero-order chi connectivity index (χ0) is 16.1. The molecule has 0 radical (unpaired) electrons. The zero-order valence-electron chi connectivity index (χ0n) is 13.6. The van der Waals surface area contributed by atoms with E-state index >= 15 is 0 Å². The van der Waals surface area contributed by atoms with Crippen molar-refractivity contribution in [2.24, 2.45) is 0 Å². The molecule has 1 saturated carbocycles. The molecule has 1 amide bonds. The lowest BCUT2D eigenvalue weighted by atomic mass is 9.92. The molecule has 1 saturated heterocycles. The minimum Gasteiger partial charge on any atom is -0.378 e. The molecule has 1 aliphatic heterocycles. The van der Waals surface area contributed by atoms with E-state index in [1.54, 1.807) is 22.9 Å². The highest BCUT2D eigenvalue weighted by atomic mass is 16.5. The summed E-state index contributed by atoms with van der Waals surface area (Å²) in [5.41, 5.74) is 0.0960. The Labute approximate surface area is 137 Å². The van der Waals surface area contributed by atoms with Crippen molar-refractivity contribution in [3.05, 3.63) is 34.2 Å². The lowest BCUT2D eigenvalue weighted by Gasteiger charge is -2.27. The van der Waals surface area contributed by atoms with Gasteiger partial charge in [-0.1, -0.05) is 0 Å². The van der Waals surface area contributed by atoms with Crippen molar-refractivity contribution in [1.82, 2.24) is 9.88 Å². The van der Waals surface area contributed by atoms with Gasteiger partial charge in [0.05, 0.1) is 6.10 Å². The number of aromatic nitrogens is 1. The first kappa shape index (κ1) is 16.2. The van der Waals surface area contributed by atoms with Crippen molar-refractivity contribution in [2.45, 2.75) is 63.5 Å². The van der Waals surface area contributed by atoms with Gasteiger partial charge in [-0.15, -0.1) is 0 Å². The molecule has 0 bridgehead atoms. The Hall–Kier alpha value is -1.62. The number of ether oxygens (including phenoxy) is 1. The number of rotatable bonds is 6. The maximum absolute atomic E-state index is 12.4. The van der Waals surface area contributed by atoms with E-state index in [-0.39, 0.29) is 23.1 Å². The van der Waals surface area contributed by atoms with E-state index in [2.05, 4.69) is 5.32 Å². The fourth-order valence-electron chi connectivity index (χ4n) is 3.30. The Morgan fingerprint density at radius 3 is 2.83 bits per heavy atom. The highest BCUT2D eigenvalue weighted by Crippen LogP contribution is 2.29. The highest BCUT2D eigenvalue weighted by molar-refractivity contribution is 5.93. The number of nitrogens with one attached hydrogen (secondary N) is 1. The number of pyridine rings is 1. The molecule has 1 unspecified atom stereocenters. The Balaban J connectivity index is 1.49. The molecule has 3 rings (SSSR count). The van der Waals surface area contributed by atoms with Crippen molar-refractivity contribution in [1.29, 1.82) is 0 Å². The Kier molecular flexibility index (Phi) is 5.49. The third-order valence-corrected chi connectivity index (χ3v) is 4.95. The van der Waals surface area contributed by atoms with Crippen LogP contribution in [0, 0.1) is 0 Å². The number of hydrogen-bond donors (Lipinski definition) is 1. The molecule has 1 atom stereocenters. The molecule has 0 aromatic carbocycles. The number of hydrogen-bond acceptors (Lipinski definition) is 3. The van der Waals surface area contributed by atoms with Gasteiger partial charge in [0.15, 0.2) is 0 Å². The minimum atomic E-state index is -0.256. The Morgan fingerprint density at radius 2 is 2.13 bits per heavy atom. The van der Waals surface area contributed by atoms with Gasteiger partial charge in [-0.3, -0.25) is 9.59 Å². The smallest absolute Gasteiger partial charge is 0.263 e. The monoisotopic (exact) mass is 318 g/mol. The maximum atomic E-state index is 12.4. The lowest BCUT2D eigenvalue weighted by Crippen LogP contribution is -2.36. The molecule has 1 aromatic rings. The van der Waals surface area contributed by atoms with Crippen molar-refractivity contribution < 1.29 is 9.53 Å². The van der Waals surface area contributed by atoms with Gasteiger partial charge in [0.2, 0.25) is 0 Å². The molecular weight excluding hydrogens is 292 g/mol. The van der Waals surface area contributed by atoms with Gasteiger partial charge in [-0.05, 0) is 63.5 Å². The Morgan fingerprint density at radius 1 is 1.26 bits per heavy atom. The van der Waals surface area contributed by atoms with E-state index in [1.807, 2.05) is 0 Å². The fraction of sp³-hybridized carbons (Fsp3) is 0.667. The largest absolute Gasteiger partial charge is 0.378 e. The molecule has 2 heterocycles. The summed E-state index contributed by atoms with van der Waals surface area (Å²) in [5.74, 6) is -0.256. The van der Waals surface area contributed by atoms with Crippen LogP contribution in [0.1, 0.15) is 67.8 Å². The average molecular weight is 318 g/mol. The van der Waals surface area contributed by atoms with Crippen LogP contribution in [0.5, 0.6) is 0 Å². The topological polar surface area (TPSA) is 60.3 Å². The third kappa shape index (κ3) is 4.02. The molecule has 1 N–H and O–H groups in total. The van der Waals surface area contributed by atoms with E-state index in [4.69, 9.17) is 4.74 Å². The van der Waals surface area contributed by atoms with Gasteiger partial charge in [-0.25, -0.2) is 0 Å². The van der Waals surface area contributed by atoms with Crippen molar-refractivity contribution >= 4 is 5.91 Å². The summed E-state index contributed by atoms with van der Waals surface area (Å²) in [6.45, 7) is 1.46. The minimum absolute atomic E-state index is 0.162. The molecule has 1 aliphatic carbocycles. The number of carbonyl (C=O) groups is 1. The van der Waals surface area contributed by atoms with Gasteiger partial charge < -0.3 is 14.6 Å². The van der Waals surface area contributed by atoms with Gasteiger partial charge >= 0.3 is 0 Å². The zero-order valence-corrected chi connectivity index (χ0v) is 13.6. The highest BCUT2D eigenvalue weighted by Gasteiger charge is 2.22. The van der Waals surface area contributed by atoms with Crippen molar-refractivity contribution in [3.63, 3.8) is 0 Å². The fourth-order valence-corrected chi connectivity index (χ4v) is 3.30. The summed E-state index contributed by atoms with van der Waals surface area (Å²) in [4.78, 5) is 24.6. The third-order valence-electron chi connectivity index (χ3n) is 4.95. The van der Waals surface area contributed by atoms with Crippen LogP contribution in [0.2, 0.25) is 0 Å². The average Bonchev–Trinajstić information content (AvgIpc) is 2.52. The quantitative estimate of drug-likeness (QED) is 0.820.